The Morgan fingerprint density at radius 3 is 2.88 bits per heavy atom. The fourth-order valence-corrected chi connectivity index (χ4v) is 3.85. The minimum Gasteiger partial charge on any atom is -0.371 e. The van der Waals surface area contributed by atoms with Gasteiger partial charge in [0.15, 0.2) is 0 Å². The van der Waals surface area contributed by atoms with Crippen LogP contribution < -0.4 is 4.90 Å². The van der Waals surface area contributed by atoms with Crippen LogP contribution in [0.25, 0.3) is 0 Å². The summed E-state index contributed by atoms with van der Waals surface area (Å²) in [5.41, 5.74) is 2.68. The number of anilines is 1. The Hall–Kier alpha value is -0.0200. The number of hydrogen-bond donors (Lipinski definition) is 0. The maximum Gasteiger partial charge on any atom is 0.0377 e. The first-order valence-electron chi connectivity index (χ1n) is 6.34. The molecule has 0 spiro atoms. The topological polar surface area (TPSA) is 3.24 Å². The van der Waals surface area contributed by atoms with E-state index in [1.54, 1.807) is 0 Å². The zero-order valence-corrected chi connectivity index (χ0v) is 13.4. The third-order valence-electron chi connectivity index (χ3n) is 3.64. The normalized spacial score (nSPS) is 20.6. The van der Waals surface area contributed by atoms with Gasteiger partial charge < -0.3 is 4.90 Å². The zero-order valence-electron chi connectivity index (χ0n) is 10.3. The molecule has 0 radical (unpaired) electrons. The maximum atomic E-state index is 3.65. The highest BCUT2D eigenvalue weighted by Gasteiger charge is 2.18. The second-order valence-corrected chi connectivity index (χ2v) is 6.19. The smallest absolute Gasteiger partial charge is 0.0377 e. The molecule has 0 amide bonds. The first-order valence-corrected chi connectivity index (χ1v) is 8.25. The second kappa shape index (κ2) is 6.24. The molecule has 1 atom stereocenters. The minimum absolute atomic E-state index is 0.873. The molecule has 3 heteroatoms. The van der Waals surface area contributed by atoms with Gasteiger partial charge in [0.2, 0.25) is 0 Å². The fourth-order valence-electron chi connectivity index (χ4n) is 2.47. The summed E-state index contributed by atoms with van der Waals surface area (Å²) in [5, 5.41) is 0.908. The number of rotatable bonds is 3. The second-order valence-electron chi connectivity index (χ2n) is 4.77. The van der Waals surface area contributed by atoms with Gasteiger partial charge in [-0.15, -0.1) is 0 Å². The molecule has 1 saturated heterocycles. The molecule has 1 aromatic rings. The SMILES string of the molecule is CCC1CCCN(c2ccc(CBr)c(Br)c2)C1. The zero-order chi connectivity index (χ0) is 12.3. The highest BCUT2D eigenvalue weighted by atomic mass is 79.9. The van der Waals surface area contributed by atoms with Crippen LogP contribution in [0.3, 0.4) is 0 Å². The Morgan fingerprint density at radius 1 is 1.41 bits per heavy atom. The van der Waals surface area contributed by atoms with Gasteiger partial charge in [-0.1, -0.05) is 51.3 Å². The molecule has 1 unspecified atom stereocenters. The number of halogens is 2. The molecule has 1 aliphatic heterocycles. The number of nitrogens with zero attached hydrogens (tertiary/aromatic N) is 1. The lowest BCUT2D eigenvalue weighted by molar-refractivity contribution is 0.404. The van der Waals surface area contributed by atoms with Crippen molar-refractivity contribution in [1.29, 1.82) is 0 Å². The van der Waals surface area contributed by atoms with E-state index in [9.17, 15) is 0 Å². The van der Waals surface area contributed by atoms with Crippen LogP contribution in [0, 0.1) is 5.92 Å². The molecule has 1 aliphatic rings. The molecule has 1 heterocycles. The Balaban J connectivity index is 2.13. The van der Waals surface area contributed by atoms with Crippen LogP contribution in [-0.2, 0) is 5.33 Å². The number of alkyl halides is 1. The van der Waals surface area contributed by atoms with Gasteiger partial charge in [-0.2, -0.15) is 0 Å². The van der Waals surface area contributed by atoms with Crippen molar-refractivity contribution in [3.63, 3.8) is 0 Å². The highest BCUT2D eigenvalue weighted by molar-refractivity contribution is 9.10. The molecule has 1 aromatic carbocycles. The lowest BCUT2D eigenvalue weighted by atomic mass is 9.95. The van der Waals surface area contributed by atoms with Crippen molar-refractivity contribution < 1.29 is 0 Å². The lowest BCUT2D eigenvalue weighted by Crippen LogP contribution is -2.35. The molecule has 0 N–H and O–H groups in total. The number of benzene rings is 1. The van der Waals surface area contributed by atoms with Crippen LogP contribution in [-0.4, -0.2) is 13.1 Å². The van der Waals surface area contributed by atoms with Gasteiger partial charge in [-0.3, -0.25) is 0 Å². The van der Waals surface area contributed by atoms with Gasteiger partial charge >= 0.3 is 0 Å². The van der Waals surface area contributed by atoms with E-state index in [4.69, 9.17) is 0 Å². The lowest BCUT2D eigenvalue weighted by Gasteiger charge is -2.34. The van der Waals surface area contributed by atoms with E-state index >= 15 is 0 Å². The number of hydrogen-bond acceptors (Lipinski definition) is 1. The summed E-state index contributed by atoms with van der Waals surface area (Å²) in [6, 6.07) is 6.72. The Labute approximate surface area is 121 Å². The third kappa shape index (κ3) is 3.25. The highest BCUT2D eigenvalue weighted by Crippen LogP contribution is 2.29. The predicted molar refractivity (Wildman–Crippen MR) is 82.0 cm³/mol. The molecule has 0 aromatic heterocycles. The molecular formula is C14H19Br2N. The summed E-state index contributed by atoms with van der Waals surface area (Å²) in [6.07, 6.45) is 4.03. The summed E-state index contributed by atoms with van der Waals surface area (Å²) in [7, 11) is 0. The maximum absolute atomic E-state index is 3.65. The van der Waals surface area contributed by atoms with Gasteiger partial charge in [-0.05, 0) is 36.5 Å². The van der Waals surface area contributed by atoms with Crippen molar-refractivity contribution in [2.45, 2.75) is 31.5 Å². The molecule has 2 rings (SSSR count). The molecule has 0 saturated carbocycles. The summed E-state index contributed by atoms with van der Waals surface area (Å²) >= 11 is 7.16. The Bertz CT molecular complexity index is 378. The van der Waals surface area contributed by atoms with Crippen molar-refractivity contribution in [2.75, 3.05) is 18.0 Å². The van der Waals surface area contributed by atoms with Crippen molar-refractivity contribution in [3.8, 4) is 0 Å². The monoisotopic (exact) mass is 359 g/mol. The van der Waals surface area contributed by atoms with Crippen molar-refractivity contribution in [3.05, 3.63) is 28.2 Å². The van der Waals surface area contributed by atoms with Gasteiger partial charge in [0, 0.05) is 28.6 Å². The van der Waals surface area contributed by atoms with Gasteiger partial charge in [-0.25, -0.2) is 0 Å². The van der Waals surface area contributed by atoms with E-state index in [2.05, 4.69) is 61.9 Å². The van der Waals surface area contributed by atoms with Gasteiger partial charge in [0.1, 0.15) is 0 Å². The van der Waals surface area contributed by atoms with Gasteiger partial charge in [0.05, 0.1) is 0 Å². The summed E-state index contributed by atoms with van der Waals surface area (Å²) in [4.78, 5) is 2.53. The van der Waals surface area contributed by atoms with E-state index in [0.717, 1.165) is 11.2 Å². The van der Waals surface area contributed by atoms with E-state index < -0.39 is 0 Å². The van der Waals surface area contributed by atoms with E-state index in [0.29, 0.717) is 0 Å². The fraction of sp³-hybridized carbons (Fsp3) is 0.571. The quantitative estimate of drug-likeness (QED) is 0.688. The molecule has 94 valence electrons. The predicted octanol–water partition coefficient (Wildman–Crippen LogP) is 4.97. The van der Waals surface area contributed by atoms with Crippen LogP contribution >= 0.6 is 31.9 Å². The van der Waals surface area contributed by atoms with E-state index in [1.165, 1.54) is 48.1 Å². The van der Waals surface area contributed by atoms with Crippen LogP contribution in [0.4, 0.5) is 5.69 Å². The summed E-state index contributed by atoms with van der Waals surface area (Å²) in [6.45, 7) is 4.73. The summed E-state index contributed by atoms with van der Waals surface area (Å²) < 4.78 is 1.21. The molecule has 0 aliphatic carbocycles. The molecule has 17 heavy (non-hydrogen) atoms. The van der Waals surface area contributed by atoms with Crippen molar-refractivity contribution >= 4 is 37.5 Å². The Kier molecular flexibility index (Phi) is 4.92. The third-order valence-corrected chi connectivity index (χ3v) is 4.98. The van der Waals surface area contributed by atoms with Crippen LogP contribution in [0.5, 0.6) is 0 Å². The van der Waals surface area contributed by atoms with Crippen LogP contribution in [0.1, 0.15) is 31.7 Å². The van der Waals surface area contributed by atoms with Crippen LogP contribution in [0.2, 0.25) is 0 Å². The standard InChI is InChI=1S/C14H19Br2N/c1-2-11-4-3-7-17(10-11)13-6-5-12(9-15)14(16)8-13/h5-6,8,11H,2-4,7,9-10H2,1H3. The largest absolute Gasteiger partial charge is 0.371 e. The van der Waals surface area contributed by atoms with Crippen molar-refractivity contribution in [1.82, 2.24) is 0 Å². The molecular weight excluding hydrogens is 342 g/mol. The molecule has 0 bridgehead atoms. The average Bonchev–Trinajstić information content (AvgIpc) is 2.38. The first kappa shape index (κ1) is 13.4. The van der Waals surface area contributed by atoms with E-state index in [1.807, 2.05) is 0 Å². The summed E-state index contributed by atoms with van der Waals surface area (Å²) in [5.74, 6) is 0.873. The molecule has 1 fully saturated rings. The first-order chi connectivity index (χ1) is 8.24. The average molecular weight is 361 g/mol. The van der Waals surface area contributed by atoms with Gasteiger partial charge in [0.25, 0.3) is 0 Å². The number of piperidine rings is 1. The van der Waals surface area contributed by atoms with Crippen molar-refractivity contribution in [2.24, 2.45) is 5.92 Å². The molecule has 1 nitrogen and oxygen atoms in total. The van der Waals surface area contributed by atoms with E-state index in [-0.39, 0.29) is 0 Å². The minimum atomic E-state index is 0.873. The van der Waals surface area contributed by atoms with Crippen LogP contribution in [0.15, 0.2) is 22.7 Å². The Morgan fingerprint density at radius 2 is 2.24 bits per heavy atom.